The van der Waals surface area contributed by atoms with Crippen LogP contribution in [-0.2, 0) is 4.74 Å². The molecule has 1 N–H and O–H groups in total. The number of epoxide rings is 1. The molecule has 2 heteroatoms. The zero-order valence-electron chi connectivity index (χ0n) is 11.0. The van der Waals surface area contributed by atoms with Gasteiger partial charge in [0.2, 0.25) is 0 Å². The molecule has 3 rings (SSSR count). The van der Waals surface area contributed by atoms with E-state index in [-0.39, 0.29) is 16.4 Å². The Bertz CT molecular complexity index is 325. The summed E-state index contributed by atoms with van der Waals surface area (Å²) < 4.78 is 5.51. The molecular weight excluding hydrogens is 200 g/mol. The highest BCUT2D eigenvalue weighted by atomic mass is 16.6. The summed E-state index contributed by atoms with van der Waals surface area (Å²) in [5.41, 5.74) is -0.404. The standard InChI is InChI=1S/C14H24O2/c1-11(2)10-5-6-12(3,7-10)14(11,15)8-13(4)9-16-13/h10,15H,5-9H2,1-4H3/t10-,12+,13-,14+/m0/s1. The molecule has 0 amide bonds. The normalized spacial score (nSPS) is 57.9. The van der Waals surface area contributed by atoms with Crippen molar-refractivity contribution in [2.45, 2.75) is 64.6 Å². The van der Waals surface area contributed by atoms with Crippen LogP contribution in [0.5, 0.6) is 0 Å². The van der Waals surface area contributed by atoms with Crippen molar-refractivity contribution in [3.8, 4) is 0 Å². The first-order valence-corrected chi connectivity index (χ1v) is 6.59. The Morgan fingerprint density at radius 1 is 1.25 bits per heavy atom. The van der Waals surface area contributed by atoms with Crippen molar-refractivity contribution in [1.29, 1.82) is 0 Å². The molecule has 2 saturated carbocycles. The first-order chi connectivity index (χ1) is 7.23. The monoisotopic (exact) mass is 224 g/mol. The third-order valence-electron chi connectivity index (χ3n) is 6.09. The Morgan fingerprint density at radius 2 is 1.88 bits per heavy atom. The van der Waals surface area contributed by atoms with Crippen molar-refractivity contribution in [3.05, 3.63) is 0 Å². The van der Waals surface area contributed by atoms with E-state index in [1.54, 1.807) is 0 Å². The molecule has 1 heterocycles. The molecule has 4 atom stereocenters. The maximum atomic E-state index is 11.3. The maximum absolute atomic E-state index is 11.3. The molecule has 3 fully saturated rings. The molecule has 0 spiro atoms. The Morgan fingerprint density at radius 3 is 2.31 bits per heavy atom. The zero-order chi connectivity index (χ0) is 11.8. The zero-order valence-corrected chi connectivity index (χ0v) is 11.0. The molecule has 16 heavy (non-hydrogen) atoms. The second-order valence-electron chi connectivity index (χ2n) is 7.50. The predicted octanol–water partition coefficient (Wildman–Crippen LogP) is 2.74. The highest BCUT2D eigenvalue weighted by molar-refractivity contribution is 5.20. The lowest BCUT2D eigenvalue weighted by Crippen LogP contribution is -2.56. The van der Waals surface area contributed by atoms with E-state index in [1.807, 2.05) is 0 Å². The lowest BCUT2D eigenvalue weighted by molar-refractivity contribution is -0.156. The second-order valence-corrected chi connectivity index (χ2v) is 7.50. The highest BCUT2D eigenvalue weighted by Gasteiger charge is 2.70. The summed E-state index contributed by atoms with van der Waals surface area (Å²) >= 11 is 0. The molecule has 0 radical (unpaired) electrons. The molecule has 2 aliphatic carbocycles. The van der Waals surface area contributed by atoms with Crippen molar-refractivity contribution in [1.82, 2.24) is 0 Å². The summed E-state index contributed by atoms with van der Waals surface area (Å²) in [6.07, 6.45) is 4.50. The first-order valence-electron chi connectivity index (χ1n) is 6.59. The minimum atomic E-state index is -0.534. The molecule has 1 aliphatic heterocycles. The van der Waals surface area contributed by atoms with Crippen molar-refractivity contribution in [3.63, 3.8) is 0 Å². The number of hydrogen-bond donors (Lipinski definition) is 1. The van der Waals surface area contributed by atoms with Gasteiger partial charge in [0.15, 0.2) is 0 Å². The van der Waals surface area contributed by atoms with E-state index < -0.39 is 5.60 Å². The van der Waals surface area contributed by atoms with Gasteiger partial charge in [0.1, 0.15) is 0 Å². The number of fused-ring (bicyclic) bond motifs is 2. The summed E-state index contributed by atoms with van der Waals surface area (Å²) in [7, 11) is 0. The van der Waals surface area contributed by atoms with Gasteiger partial charge in [-0.2, -0.15) is 0 Å². The number of rotatable bonds is 2. The van der Waals surface area contributed by atoms with Gasteiger partial charge in [0, 0.05) is 6.42 Å². The van der Waals surface area contributed by atoms with Crippen LogP contribution >= 0.6 is 0 Å². The summed E-state index contributed by atoms with van der Waals surface area (Å²) in [5.74, 6) is 0.699. The fraction of sp³-hybridized carbons (Fsp3) is 1.00. The van der Waals surface area contributed by atoms with Gasteiger partial charge in [-0.3, -0.25) is 0 Å². The van der Waals surface area contributed by atoms with Gasteiger partial charge < -0.3 is 9.84 Å². The van der Waals surface area contributed by atoms with Gasteiger partial charge >= 0.3 is 0 Å². The van der Waals surface area contributed by atoms with Crippen LogP contribution in [-0.4, -0.2) is 22.9 Å². The van der Waals surface area contributed by atoms with Gasteiger partial charge in [-0.25, -0.2) is 0 Å². The maximum Gasteiger partial charge on any atom is 0.0916 e. The van der Waals surface area contributed by atoms with E-state index in [9.17, 15) is 5.11 Å². The third kappa shape index (κ3) is 1.10. The van der Waals surface area contributed by atoms with E-state index in [2.05, 4.69) is 27.7 Å². The SMILES string of the molecule is CC1(C)[C@H]2CC[C@](C)(C2)[C@@]1(O)C[C@@]1(C)CO1. The molecule has 92 valence electrons. The average Bonchev–Trinajstić information content (AvgIpc) is 2.70. The van der Waals surface area contributed by atoms with E-state index in [0.717, 1.165) is 13.0 Å². The topological polar surface area (TPSA) is 32.8 Å². The van der Waals surface area contributed by atoms with Crippen molar-refractivity contribution >= 4 is 0 Å². The minimum absolute atomic E-state index is 0.0422. The molecule has 0 aromatic heterocycles. The number of aliphatic hydroxyl groups is 1. The molecule has 1 saturated heterocycles. The van der Waals surface area contributed by atoms with Crippen LogP contribution in [0.3, 0.4) is 0 Å². The Labute approximate surface area is 98.4 Å². The van der Waals surface area contributed by atoms with Crippen LogP contribution < -0.4 is 0 Å². The van der Waals surface area contributed by atoms with Crippen LogP contribution in [0.15, 0.2) is 0 Å². The quantitative estimate of drug-likeness (QED) is 0.732. The third-order valence-corrected chi connectivity index (χ3v) is 6.09. The average molecular weight is 224 g/mol. The lowest BCUT2D eigenvalue weighted by atomic mass is 9.58. The van der Waals surface area contributed by atoms with Gasteiger partial charge in [-0.05, 0) is 42.9 Å². The molecule has 2 bridgehead atoms. The van der Waals surface area contributed by atoms with Crippen LogP contribution in [0.2, 0.25) is 0 Å². The smallest absolute Gasteiger partial charge is 0.0916 e. The van der Waals surface area contributed by atoms with Crippen molar-refractivity contribution < 1.29 is 9.84 Å². The van der Waals surface area contributed by atoms with Crippen molar-refractivity contribution in [2.75, 3.05) is 6.61 Å². The molecule has 0 aromatic carbocycles. The Kier molecular flexibility index (Phi) is 1.84. The Hall–Kier alpha value is -0.0800. The van der Waals surface area contributed by atoms with Crippen LogP contribution in [0, 0.1) is 16.7 Å². The molecular formula is C14H24O2. The van der Waals surface area contributed by atoms with E-state index in [4.69, 9.17) is 4.74 Å². The minimum Gasteiger partial charge on any atom is -0.389 e. The molecule has 2 nitrogen and oxygen atoms in total. The Balaban J connectivity index is 1.97. The van der Waals surface area contributed by atoms with Gasteiger partial charge in [-0.15, -0.1) is 0 Å². The first kappa shape index (κ1) is 11.0. The van der Waals surface area contributed by atoms with Crippen molar-refractivity contribution in [2.24, 2.45) is 16.7 Å². The van der Waals surface area contributed by atoms with Crippen LogP contribution in [0.25, 0.3) is 0 Å². The van der Waals surface area contributed by atoms with Gasteiger partial charge in [0.05, 0.1) is 17.8 Å². The molecule has 0 unspecified atom stereocenters. The molecule has 3 aliphatic rings. The van der Waals surface area contributed by atoms with E-state index in [0.29, 0.717) is 5.92 Å². The van der Waals surface area contributed by atoms with Crippen LogP contribution in [0.1, 0.15) is 53.4 Å². The largest absolute Gasteiger partial charge is 0.389 e. The number of ether oxygens (including phenoxy) is 1. The fourth-order valence-corrected chi connectivity index (χ4v) is 4.56. The van der Waals surface area contributed by atoms with Gasteiger partial charge in [0.25, 0.3) is 0 Å². The summed E-state index contributed by atoms with van der Waals surface area (Å²) in [4.78, 5) is 0. The lowest BCUT2D eigenvalue weighted by Gasteiger charge is -2.51. The summed E-state index contributed by atoms with van der Waals surface area (Å²) in [6.45, 7) is 9.76. The van der Waals surface area contributed by atoms with Gasteiger partial charge in [-0.1, -0.05) is 20.8 Å². The summed E-state index contributed by atoms with van der Waals surface area (Å²) in [6, 6.07) is 0. The van der Waals surface area contributed by atoms with Crippen LogP contribution in [0.4, 0.5) is 0 Å². The summed E-state index contributed by atoms with van der Waals surface area (Å²) in [5, 5.41) is 11.3. The van der Waals surface area contributed by atoms with E-state index in [1.165, 1.54) is 19.3 Å². The second kappa shape index (κ2) is 2.67. The molecule has 0 aromatic rings. The number of hydrogen-bond acceptors (Lipinski definition) is 2. The highest BCUT2D eigenvalue weighted by Crippen LogP contribution is 2.70. The predicted molar refractivity (Wildman–Crippen MR) is 63.2 cm³/mol. The van der Waals surface area contributed by atoms with E-state index >= 15 is 0 Å². The fourth-order valence-electron chi connectivity index (χ4n) is 4.56.